The number of pyridine rings is 1. The molecule has 0 radical (unpaired) electrons. The number of morpholine rings is 1. The topological polar surface area (TPSA) is 83.6 Å². The minimum absolute atomic E-state index is 0.0219. The van der Waals surface area contributed by atoms with Crippen molar-refractivity contribution in [2.75, 3.05) is 44.9 Å². The van der Waals surface area contributed by atoms with E-state index < -0.39 is 0 Å². The fraction of sp³-hybridized carbons (Fsp3) is 0.348. The van der Waals surface area contributed by atoms with Crippen LogP contribution in [-0.4, -0.2) is 65.7 Å². The number of hydrogen-bond donors (Lipinski definition) is 1. The van der Waals surface area contributed by atoms with Crippen LogP contribution >= 0.6 is 0 Å². The van der Waals surface area contributed by atoms with Gasteiger partial charge in [-0.1, -0.05) is 12.1 Å². The van der Waals surface area contributed by atoms with Crippen LogP contribution in [0.3, 0.4) is 0 Å². The monoisotopic (exact) mass is 419 g/mol. The highest BCUT2D eigenvalue weighted by molar-refractivity contribution is 5.95. The van der Waals surface area contributed by atoms with Crippen LogP contribution < -0.4 is 9.64 Å². The first kappa shape index (κ1) is 19.6. The van der Waals surface area contributed by atoms with Gasteiger partial charge in [0.05, 0.1) is 32.3 Å². The lowest BCUT2D eigenvalue weighted by atomic mass is 9.94. The van der Waals surface area contributed by atoms with E-state index in [0.717, 1.165) is 48.0 Å². The molecule has 8 heteroatoms. The molecule has 2 aliphatic rings. The fourth-order valence-electron chi connectivity index (χ4n) is 4.30. The highest BCUT2D eigenvalue weighted by Crippen LogP contribution is 2.35. The Morgan fingerprint density at radius 2 is 1.94 bits per heavy atom. The van der Waals surface area contributed by atoms with Gasteiger partial charge < -0.3 is 24.3 Å². The van der Waals surface area contributed by atoms with E-state index in [-0.39, 0.29) is 11.9 Å². The summed E-state index contributed by atoms with van der Waals surface area (Å²) in [5.74, 6) is 1.57. The summed E-state index contributed by atoms with van der Waals surface area (Å²) in [5, 5.41) is 0. The Morgan fingerprint density at radius 3 is 2.71 bits per heavy atom. The minimum atomic E-state index is -0.256. The molecule has 1 amide bonds. The molecule has 0 spiro atoms. The van der Waals surface area contributed by atoms with Crippen LogP contribution in [0.5, 0.6) is 5.75 Å². The van der Waals surface area contributed by atoms with Gasteiger partial charge in [0.15, 0.2) is 0 Å². The average Bonchev–Trinajstić information content (AvgIpc) is 3.33. The molecule has 0 saturated carbocycles. The lowest BCUT2D eigenvalue weighted by Gasteiger charge is -2.35. The molecule has 1 fully saturated rings. The molecule has 0 bridgehead atoms. The van der Waals surface area contributed by atoms with Gasteiger partial charge in [-0.15, -0.1) is 0 Å². The third kappa shape index (κ3) is 3.74. The van der Waals surface area contributed by atoms with E-state index >= 15 is 0 Å². The molecule has 1 aromatic carbocycles. The predicted octanol–water partition coefficient (Wildman–Crippen LogP) is 2.44. The Kier molecular flexibility index (Phi) is 5.30. The Labute approximate surface area is 180 Å². The molecule has 2 aliphatic heterocycles. The minimum Gasteiger partial charge on any atom is -0.497 e. The second-order valence-electron chi connectivity index (χ2n) is 7.69. The van der Waals surface area contributed by atoms with E-state index in [1.807, 2.05) is 35.2 Å². The van der Waals surface area contributed by atoms with Gasteiger partial charge in [0.2, 0.25) is 0 Å². The number of benzene rings is 1. The number of nitrogens with zero attached hydrogens (tertiary/aromatic N) is 4. The fourth-order valence-corrected chi connectivity index (χ4v) is 4.30. The Balaban J connectivity index is 1.48. The third-order valence-corrected chi connectivity index (χ3v) is 5.94. The molecular weight excluding hydrogens is 394 g/mol. The number of aromatic amines is 1. The van der Waals surface area contributed by atoms with Crippen LogP contribution in [0.1, 0.15) is 33.4 Å². The second kappa shape index (κ2) is 8.39. The quantitative estimate of drug-likeness (QED) is 0.699. The van der Waals surface area contributed by atoms with Gasteiger partial charge in [0, 0.05) is 43.5 Å². The van der Waals surface area contributed by atoms with E-state index in [1.165, 1.54) is 0 Å². The number of carbonyl (C=O) groups excluding carboxylic acids is 1. The Hall–Kier alpha value is -3.39. The smallest absolute Gasteiger partial charge is 0.254 e. The van der Waals surface area contributed by atoms with Crippen LogP contribution in [0.15, 0.2) is 48.9 Å². The van der Waals surface area contributed by atoms with Gasteiger partial charge >= 0.3 is 0 Å². The van der Waals surface area contributed by atoms with Gasteiger partial charge in [0.25, 0.3) is 5.91 Å². The van der Waals surface area contributed by atoms with Crippen LogP contribution in [0, 0.1) is 0 Å². The zero-order chi connectivity index (χ0) is 21.2. The van der Waals surface area contributed by atoms with Crippen molar-refractivity contribution in [3.63, 3.8) is 0 Å². The van der Waals surface area contributed by atoms with E-state index in [9.17, 15) is 4.79 Å². The first-order valence-electron chi connectivity index (χ1n) is 10.5. The van der Waals surface area contributed by atoms with Crippen LogP contribution in [0.25, 0.3) is 0 Å². The largest absolute Gasteiger partial charge is 0.497 e. The van der Waals surface area contributed by atoms with E-state index in [2.05, 4.69) is 19.9 Å². The van der Waals surface area contributed by atoms with Crippen LogP contribution in [-0.2, 0) is 11.2 Å². The molecule has 31 heavy (non-hydrogen) atoms. The van der Waals surface area contributed by atoms with Crippen molar-refractivity contribution < 1.29 is 14.3 Å². The number of anilines is 1. The average molecular weight is 419 g/mol. The number of nitrogens with one attached hydrogen (secondary N) is 1. The second-order valence-corrected chi connectivity index (χ2v) is 7.69. The normalized spacial score (nSPS) is 18.5. The molecule has 5 rings (SSSR count). The molecule has 1 unspecified atom stereocenters. The van der Waals surface area contributed by atoms with E-state index in [0.29, 0.717) is 25.3 Å². The molecule has 2 aromatic heterocycles. The first-order chi connectivity index (χ1) is 15.2. The maximum absolute atomic E-state index is 13.7. The number of carbonyl (C=O) groups is 1. The number of aromatic nitrogens is 3. The van der Waals surface area contributed by atoms with Gasteiger partial charge in [-0.3, -0.25) is 4.79 Å². The van der Waals surface area contributed by atoms with Crippen molar-refractivity contribution in [2.24, 2.45) is 0 Å². The molecular formula is C23H25N5O3. The maximum Gasteiger partial charge on any atom is 0.254 e. The Bertz CT molecular complexity index is 1060. The molecule has 8 nitrogen and oxygen atoms in total. The summed E-state index contributed by atoms with van der Waals surface area (Å²) in [6.07, 6.45) is 4.16. The summed E-state index contributed by atoms with van der Waals surface area (Å²) in [6.45, 7) is 3.51. The summed E-state index contributed by atoms with van der Waals surface area (Å²) in [7, 11) is 1.65. The molecule has 3 aromatic rings. The van der Waals surface area contributed by atoms with Crippen molar-refractivity contribution >= 4 is 11.7 Å². The van der Waals surface area contributed by atoms with E-state index in [1.54, 1.807) is 25.7 Å². The van der Waals surface area contributed by atoms with Gasteiger partial charge in [-0.05, 0) is 29.8 Å². The van der Waals surface area contributed by atoms with Crippen molar-refractivity contribution in [3.8, 4) is 5.75 Å². The summed E-state index contributed by atoms with van der Waals surface area (Å²) in [4.78, 5) is 30.0. The van der Waals surface area contributed by atoms with Crippen molar-refractivity contribution in [1.29, 1.82) is 0 Å². The highest BCUT2D eigenvalue weighted by atomic mass is 16.5. The number of imidazole rings is 1. The summed E-state index contributed by atoms with van der Waals surface area (Å²) >= 11 is 0. The summed E-state index contributed by atoms with van der Waals surface area (Å²) in [5.41, 5.74) is 3.61. The number of rotatable bonds is 4. The SMILES string of the molecule is COc1ccc(C2c3nc[nH]c3CCN2C(=O)c2ccnc(N3CCOCC3)c2)cc1. The number of H-pyrrole nitrogens is 1. The molecule has 1 saturated heterocycles. The lowest BCUT2D eigenvalue weighted by molar-refractivity contribution is 0.0690. The molecule has 160 valence electrons. The number of methoxy groups -OCH3 is 1. The first-order valence-corrected chi connectivity index (χ1v) is 10.5. The van der Waals surface area contributed by atoms with Crippen molar-refractivity contribution in [3.05, 3.63) is 71.4 Å². The third-order valence-electron chi connectivity index (χ3n) is 5.94. The van der Waals surface area contributed by atoms with Gasteiger partial charge in [0.1, 0.15) is 17.6 Å². The summed E-state index contributed by atoms with van der Waals surface area (Å²) < 4.78 is 10.7. The standard InChI is InChI=1S/C23H25N5O3/c1-30-18-4-2-16(3-5-18)22-21-19(25-15-26-21)7-9-28(22)23(29)17-6-8-24-20(14-17)27-10-12-31-13-11-27/h2-6,8,14-15,22H,7,9-13H2,1H3,(H,25,26). The zero-order valence-electron chi connectivity index (χ0n) is 17.5. The van der Waals surface area contributed by atoms with Crippen LogP contribution in [0.2, 0.25) is 0 Å². The lowest BCUT2D eigenvalue weighted by Crippen LogP contribution is -2.41. The molecule has 4 heterocycles. The van der Waals surface area contributed by atoms with Gasteiger partial charge in [-0.25, -0.2) is 9.97 Å². The zero-order valence-corrected chi connectivity index (χ0v) is 17.5. The number of fused-ring (bicyclic) bond motifs is 1. The molecule has 1 atom stereocenters. The predicted molar refractivity (Wildman–Crippen MR) is 115 cm³/mol. The number of amides is 1. The van der Waals surface area contributed by atoms with E-state index in [4.69, 9.17) is 9.47 Å². The van der Waals surface area contributed by atoms with Crippen molar-refractivity contribution in [1.82, 2.24) is 19.9 Å². The number of hydrogen-bond acceptors (Lipinski definition) is 6. The Morgan fingerprint density at radius 1 is 1.13 bits per heavy atom. The highest BCUT2D eigenvalue weighted by Gasteiger charge is 2.34. The molecule has 0 aliphatic carbocycles. The molecule has 1 N–H and O–H groups in total. The number of ether oxygens (including phenoxy) is 2. The van der Waals surface area contributed by atoms with Gasteiger partial charge in [-0.2, -0.15) is 0 Å². The summed E-state index contributed by atoms with van der Waals surface area (Å²) in [6, 6.07) is 11.3. The maximum atomic E-state index is 13.7. The van der Waals surface area contributed by atoms with Crippen molar-refractivity contribution in [2.45, 2.75) is 12.5 Å². The van der Waals surface area contributed by atoms with Crippen LogP contribution in [0.4, 0.5) is 5.82 Å².